The summed E-state index contributed by atoms with van der Waals surface area (Å²) in [5.41, 5.74) is 2.42. The number of rotatable bonds is 4. The smallest absolute Gasteiger partial charge is 0.115 e. The summed E-state index contributed by atoms with van der Waals surface area (Å²) in [7, 11) is 0. The number of benzene rings is 2. The lowest BCUT2D eigenvalue weighted by molar-refractivity contribution is -0.0986. The Bertz CT molecular complexity index is 654. The van der Waals surface area contributed by atoms with Crippen molar-refractivity contribution in [3.63, 3.8) is 0 Å². The molecule has 1 saturated heterocycles. The van der Waals surface area contributed by atoms with Crippen LogP contribution < -0.4 is 0 Å². The van der Waals surface area contributed by atoms with Crippen LogP contribution in [0.5, 0.6) is 5.75 Å². The third-order valence-corrected chi connectivity index (χ3v) is 4.84. The zero-order valence-electron chi connectivity index (χ0n) is 13.3. The van der Waals surface area contributed by atoms with Gasteiger partial charge in [-0.15, -0.1) is 0 Å². The van der Waals surface area contributed by atoms with E-state index in [2.05, 4.69) is 41.3 Å². The molecule has 2 aromatic rings. The highest BCUT2D eigenvalue weighted by molar-refractivity contribution is 5.27. The Morgan fingerprint density at radius 1 is 1.00 bits per heavy atom. The molecule has 23 heavy (non-hydrogen) atoms. The van der Waals surface area contributed by atoms with Gasteiger partial charge in [-0.1, -0.05) is 42.5 Å². The summed E-state index contributed by atoms with van der Waals surface area (Å²) in [4.78, 5) is 2.47. The van der Waals surface area contributed by atoms with Crippen molar-refractivity contribution in [2.75, 3.05) is 13.1 Å². The Hall–Kier alpha value is -1.84. The number of morpholine rings is 1. The molecule has 1 heterocycles. The zero-order valence-corrected chi connectivity index (χ0v) is 13.3. The van der Waals surface area contributed by atoms with Gasteiger partial charge in [0.05, 0.1) is 12.2 Å². The average molecular weight is 309 g/mol. The quantitative estimate of drug-likeness (QED) is 0.934. The average Bonchev–Trinajstić information content (AvgIpc) is 3.40. The number of phenolic OH excluding ortho intramolecular Hbond substituents is 1. The minimum atomic E-state index is 0.146. The van der Waals surface area contributed by atoms with E-state index in [9.17, 15) is 5.11 Å². The van der Waals surface area contributed by atoms with Crippen LogP contribution in [0.3, 0.4) is 0 Å². The van der Waals surface area contributed by atoms with E-state index in [1.165, 1.54) is 18.4 Å². The van der Waals surface area contributed by atoms with Crippen LogP contribution in [0, 0.1) is 5.92 Å². The van der Waals surface area contributed by atoms with Crippen molar-refractivity contribution in [3.05, 3.63) is 65.7 Å². The van der Waals surface area contributed by atoms with Crippen LogP contribution in [0.4, 0.5) is 0 Å². The van der Waals surface area contributed by atoms with Gasteiger partial charge in [0, 0.05) is 19.6 Å². The maximum absolute atomic E-state index is 9.68. The third-order valence-electron chi connectivity index (χ3n) is 4.84. The molecule has 0 bridgehead atoms. The monoisotopic (exact) mass is 309 g/mol. The molecule has 3 heteroatoms. The molecule has 4 rings (SSSR count). The lowest BCUT2D eigenvalue weighted by Crippen LogP contribution is -2.44. The van der Waals surface area contributed by atoms with E-state index in [4.69, 9.17) is 4.74 Å². The van der Waals surface area contributed by atoms with Gasteiger partial charge >= 0.3 is 0 Å². The summed E-state index contributed by atoms with van der Waals surface area (Å²) >= 11 is 0. The van der Waals surface area contributed by atoms with Crippen molar-refractivity contribution in [2.45, 2.75) is 31.6 Å². The molecule has 1 aliphatic carbocycles. The molecule has 0 amide bonds. The van der Waals surface area contributed by atoms with Crippen LogP contribution in [-0.2, 0) is 11.3 Å². The van der Waals surface area contributed by atoms with Crippen molar-refractivity contribution >= 4 is 0 Å². The maximum atomic E-state index is 9.68. The number of phenols is 1. The Labute approximate surface area is 137 Å². The molecule has 1 aliphatic heterocycles. The van der Waals surface area contributed by atoms with Gasteiger partial charge in [0.2, 0.25) is 0 Å². The van der Waals surface area contributed by atoms with Gasteiger partial charge < -0.3 is 9.84 Å². The summed E-state index contributed by atoms with van der Waals surface area (Å²) in [6.07, 6.45) is 3.08. The first-order chi connectivity index (χ1) is 11.3. The second-order valence-corrected chi connectivity index (χ2v) is 6.78. The van der Waals surface area contributed by atoms with Crippen LogP contribution in [0.15, 0.2) is 54.6 Å². The Kier molecular flexibility index (Phi) is 4.06. The lowest BCUT2D eigenvalue weighted by Gasteiger charge is -2.38. The van der Waals surface area contributed by atoms with Crippen LogP contribution >= 0.6 is 0 Å². The molecule has 2 aromatic carbocycles. The fourth-order valence-electron chi connectivity index (χ4n) is 3.48. The second-order valence-electron chi connectivity index (χ2n) is 6.78. The zero-order chi connectivity index (χ0) is 15.6. The van der Waals surface area contributed by atoms with Gasteiger partial charge in [-0.3, -0.25) is 4.90 Å². The molecule has 1 saturated carbocycles. The van der Waals surface area contributed by atoms with Crippen molar-refractivity contribution in [3.8, 4) is 5.75 Å². The summed E-state index contributed by atoms with van der Waals surface area (Å²) < 4.78 is 6.40. The van der Waals surface area contributed by atoms with Crippen molar-refractivity contribution in [1.82, 2.24) is 4.90 Å². The molecule has 2 atom stereocenters. The molecular formula is C20H23NO2. The van der Waals surface area contributed by atoms with Gasteiger partial charge in [0.1, 0.15) is 5.75 Å². The van der Waals surface area contributed by atoms with Crippen LogP contribution in [0.2, 0.25) is 0 Å². The summed E-state index contributed by atoms with van der Waals surface area (Å²) in [5.74, 6) is 1.07. The predicted molar refractivity (Wildman–Crippen MR) is 90.2 cm³/mol. The van der Waals surface area contributed by atoms with Crippen molar-refractivity contribution < 1.29 is 9.84 Å². The first-order valence-corrected chi connectivity index (χ1v) is 8.48. The first-order valence-electron chi connectivity index (χ1n) is 8.48. The SMILES string of the molecule is Oc1cccc(CN2C[C@@H](c3ccccc3)O[C@@H](C3CC3)C2)c1. The summed E-state index contributed by atoms with van der Waals surface area (Å²) in [6, 6.07) is 18.1. The highest BCUT2D eigenvalue weighted by Gasteiger charge is 2.38. The van der Waals surface area contributed by atoms with E-state index in [-0.39, 0.29) is 6.10 Å². The van der Waals surface area contributed by atoms with Gasteiger partial charge in [-0.05, 0) is 42.0 Å². The third kappa shape index (κ3) is 3.57. The number of aromatic hydroxyl groups is 1. The number of nitrogens with zero attached hydrogens (tertiary/aromatic N) is 1. The first kappa shape index (κ1) is 14.7. The van der Waals surface area contributed by atoms with Gasteiger partial charge in [0.15, 0.2) is 0 Å². The minimum absolute atomic E-state index is 0.146. The molecule has 0 spiro atoms. The van der Waals surface area contributed by atoms with Crippen LogP contribution in [0.25, 0.3) is 0 Å². The normalized spacial score (nSPS) is 25.4. The summed E-state index contributed by atoms with van der Waals surface area (Å²) in [5, 5.41) is 9.68. The molecule has 120 valence electrons. The number of hydrogen-bond acceptors (Lipinski definition) is 3. The topological polar surface area (TPSA) is 32.7 Å². The number of hydrogen-bond donors (Lipinski definition) is 1. The van der Waals surface area contributed by atoms with E-state index >= 15 is 0 Å². The summed E-state index contributed by atoms with van der Waals surface area (Å²) in [6.45, 7) is 2.76. The highest BCUT2D eigenvalue weighted by Crippen LogP contribution is 2.39. The Morgan fingerprint density at radius 3 is 2.57 bits per heavy atom. The van der Waals surface area contributed by atoms with Crippen LogP contribution in [-0.4, -0.2) is 29.2 Å². The van der Waals surface area contributed by atoms with Crippen LogP contribution in [0.1, 0.15) is 30.1 Å². The van der Waals surface area contributed by atoms with E-state index < -0.39 is 0 Å². The molecule has 3 nitrogen and oxygen atoms in total. The molecular weight excluding hydrogens is 286 g/mol. The largest absolute Gasteiger partial charge is 0.508 e. The van der Waals surface area contributed by atoms with Crippen molar-refractivity contribution in [2.24, 2.45) is 5.92 Å². The van der Waals surface area contributed by atoms with E-state index in [0.717, 1.165) is 31.1 Å². The van der Waals surface area contributed by atoms with Gasteiger partial charge in [-0.2, -0.15) is 0 Å². The number of ether oxygens (including phenoxy) is 1. The molecule has 0 aromatic heterocycles. The molecule has 0 radical (unpaired) electrons. The predicted octanol–water partition coefficient (Wildman–Crippen LogP) is 3.74. The molecule has 2 aliphatic rings. The molecule has 0 unspecified atom stereocenters. The minimum Gasteiger partial charge on any atom is -0.508 e. The van der Waals surface area contributed by atoms with Gasteiger partial charge in [-0.25, -0.2) is 0 Å². The Morgan fingerprint density at radius 2 is 1.83 bits per heavy atom. The molecule has 1 N–H and O–H groups in total. The standard InChI is InChI=1S/C20H23NO2/c22-18-8-4-5-15(11-18)12-21-13-19(16-6-2-1-3-7-16)23-20(14-21)17-9-10-17/h1-8,11,17,19-20,22H,9-10,12-14H2/t19-,20+/m0/s1. The fourth-order valence-corrected chi connectivity index (χ4v) is 3.48. The Balaban J connectivity index is 1.51. The van der Waals surface area contributed by atoms with Gasteiger partial charge in [0.25, 0.3) is 0 Å². The van der Waals surface area contributed by atoms with E-state index in [0.29, 0.717) is 11.9 Å². The van der Waals surface area contributed by atoms with E-state index in [1.807, 2.05) is 12.1 Å². The fraction of sp³-hybridized carbons (Fsp3) is 0.400. The lowest BCUT2D eigenvalue weighted by atomic mass is 10.0. The highest BCUT2D eigenvalue weighted by atomic mass is 16.5. The van der Waals surface area contributed by atoms with E-state index in [1.54, 1.807) is 6.07 Å². The second kappa shape index (κ2) is 6.34. The maximum Gasteiger partial charge on any atom is 0.115 e. The molecule has 2 fully saturated rings. The van der Waals surface area contributed by atoms with Crippen molar-refractivity contribution in [1.29, 1.82) is 0 Å².